The van der Waals surface area contributed by atoms with Gasteiger partial charge >= 0.3 is 46.9 Å². The molecule has 0 saturated heterocycles. The van der Waals surface area contributed by atoms with Gasteiger partial charge in [0, 0.05) is 0 Å². The van der Waals surface area contributed by atoms with Gasteiger partial charge in [0.1, 0.15) is 0 Å². The fourth-order valence-electron chi connectivity index (χ4n) is 0.416. The Morgan fingerprint density at radius 2 is 0.548 bits per heavy atom. The Morgan fingerprint density at radius 1 is 0.484 bits per heavy atom. The summed E-state index contributed by atoms with van der Waals surface area (Å²) in [7, 11) is -30.3. The van der Waals surface area contributed by atoms with Crippen LogP contribution in [0.1, 0.15) is 0 Å². The highest BCUT2D eigenvalue weighted by Gasteiger charge is 2.29. The topological polar surface area (TPSA) is 458 Å². The molecule has 30 heteroatoms. The van der Waals surface area contributed by atoms with Crippen molar-refractivity contribution in [2.24, 2.45) is 5.73 Å². The standard InChI is InChI=1S/CH2N2.H3N.3H4O7P2/c2-1-3;;3*1-8(2,3)7-9(4,5)6/h2H2;1H3;3*(H2,1,2,3)(H2,4,5,6). The molecule has 0 aliphatic rings. The Kier molecular flexibility index (Phi) is 21.0. The second-order valence-corrected chi connectivity index (χ2v) is 11.2. The zero-order chi connectivity index (χ0) is 25.8. The van der Waals surface area contributed by atoms with Gasteiger partial charge in [0.05, 0.1) is 0 Å². The third kappa shape index (κ3) is 72.6. The van der Waals surface area contributed by atoms with Crippen molar-refractivity contribution in [1.29, 1.82) is 5.26 Å². The molecule has 17 N–H and O–H groups in total. The summed E-state index contributed by atoms with van der Waals surface area (Å²) in [4.78, 5) is 93.0. The molecule has 0 atom stereocenters. The summed E-state index contributed by atoms with van der Waals surface area (Å²) < 4.78 is 66.6. The van der Waals surface area contributed by atoms with Crippen LogP contribution in [0.25, 0.3) is 0 Å². The van der Waals surface area contributed by atoms with Crippen molar-refractivity contribution in [2.45, 2.75) is 0 Å². The van der Waals surface area contributed by atoms with E-state index >= 15 is 0 Å². The van der Waals surface area contributed by atoms with E-state index in [0.717, 1.165) is 0 Å². The molecule has 0 fully saturated rings. The maximum atomic E-state index is 9.63. The van der Waals surface area contributed by atoms with Gasteiger partial charge in [-0.1, -0.05) is 0 Å². The highest BCUT2D eigenvalue weighted by molar-refractivity contribution is 7.61. The molecule has 0 aromatic carbocycles. The number of hydrogen-bond donors (Lipinski definition) is 14. The van der Waals surface area contributed by atoms with Gasteiger partial charge in [0.2, 0.25) is 0 Å². The molecule has 0 unspecified atom stereocenters. The molecule has 0 aromatic rings. The molecule has 24 nitrogen and oxygen atoms in total. The minimum atomic E-state index is -5.05. The van der Waals surface area contributed by atoms with E-state index < -0.39 is 46.9 Å². The predicted octanol–water partition coefficient (Wildman–Crippen LogP) is -2.85. The number of hydrogen-bond acceptors (Lipinski definition) is 12. The first-order valence-corrected chi connectivity index (χ1v) is 14.3. The summed E-state index contributed by atoms with van der Waals surface area (Å²) in [5.41, 5.74) is 4.15. The Bertz CT molecular complexity index is 643. The van der Waals surface area contributed by atoms with E-state index in [2.05, 4.69) is 18.7 Å². The van der Waals surface area contributed by atoms with E-state index in [0.29, 0.717) is 0 Å². The van der Waals surface area contributed by atoms with Gasteiger partial charge in [-0.25, -0.2) is 27.4 Å². The summed E-state index contributed by atoms with van der Waals surface area (Å²) >= 11 is 0. The molecular formula is CH17N3O21P6. The Balaban J connectivity index is -0.000000101. The lowest BCUT2D eigenvalue weighted by Crippen LogP contribution is -1.84. The van der Waals surface area contributed by atoms with Crippen LogP contribution < -0.4 is 11.9 Å². The molecule has 0 aliphatic heterocycles. The molecule has 0 spiro atoms. The average molecular weight is 593 g/mol. The van der Waals surface area contributed by atoms with Crippen molar-refractivity contribution in [2.75, 3.05) is 0 Å². The minimum Gasteiger partial charge on any atom is -0.344 e. The predicted molar refractivity (Wildman–Crippen MR) is 90.3 cm³/mol. The molecule has 31 heavy (non-hydrogen) atoms. The Hall–Kier alpha value is 0.0300. The molecule has 192 valence electrons. The molecular weight excluding hydrogens is 576 g/mol. The lowest BCUT2D eigenvalue weighted by atomic mass is 11.5. The van der Waals surface area contributed by atoms with Crippen LogP contribution in [0, 0.1) is 11.5 Å². The van der Waals surface area contributed by atoms with Crippen LogP contribution in [-0.4, -0.2) is 58.7 Å². The van der Waals surface area contributed by atoms with Gasteiger partial charge in [-0.05, 0) is 0 Å². The molecule has 0 aliphatic carbocycles. The maximum absolute atomic E-state index is 9.63. The SMILES string of the molecule is N.N#CN.O=P(O)(O)OP(=O)(O)O.O=P(O)(O)OP(=O)(O)O.O=P(O)(O)OP(=O)(O)O. The molecule has 0 heterocycles. The van der Waals surface area contributed by atoms with Gasteiger partial charge in [0.15, 0.2) is 6.19 Å². The number of nitrogens with zero attached hydrogens (tertiary/aromatic N) is 1. The monoisotopic (exact) mass is 593 g/mol. The lowest BCUT2D eigenvalue weighted by Gasteiger charge is -2.03. The molecule has 0 saturated carbocycles. The van der Waals surface area contributed by atoms with Crippen LogP contribution in [0.2, 0.25) is 0 Å². The first-order valence-electron chi connectivity index (χ1n) is 5.10. The fraction of sp³-hybridized carbons (Fsp3) is 0. The molecule has 0 radical (unpaired) electrons. The largest absolute Gasteiger partial charge is 0.478 e. The molecule has 0 rings (SSSR count). The van der Waals surface area contributed by atoms with Crippen molar-refractivity contribution in [3.8, 4) is 6.19 Å². The van der Waals surface area contributed by atoms with Crippen molar-refractivity contribution in [3.05, 3.63) is 0 Å². The number of nitrogens with two attached hydrogens (primary N) is 1. The highest BCUT2D eigenvalue weighted by atomic mass is 31.3. The van der Waals surface area contributed by atoms with Crippen LogP contribution in [0.3, 0.4) is 0 Å². The summed E-state index contributed by atoms with van der Waals surface area (Å²) in [5, 5.41) is 7.10. The van der Waals surface area contributed by atoms with Crippen LogP contribution in [-0.2, 0) is 40.3 Å². The second kappa shape index (κ2) is 15.8. The Morgan fingerprint density at radius 3 is 0.548 bits per heavy atom. The van der Waals surface area contributed by atoms with Gasteiger partial charge < -0.3 is 70.6 Å². The minimum absolute atomic E-state index is 0. The van der Waals surface area contributed by atoms with Crippen LogP contribution in [0.4, 0.5) is 0 Å². The van der Waals surface area contributed by atoms with Gasteiger partial charge in [0.25, 0.3) is 0 Å². The van der Waals surface area contributed by atoms with E-state index in [1.54, 1.807) is 0 Å². The van der Waals surface area contributed by atoms with Crippen LogP contribution in [0.15, 0.2) is 0 Å². The summed E-state index contributed by atoms with van der Waals surface area (Å²) in [6.07, 6.45) is 1.25. The summed E-state index contributed by atoms with van der Waals surface area (Å²) in [6.45, 7) is 0. The first-order chi connectivity index (χ1) is 12.5. The van der Waals surface area contributed by atoms with Crippen molar-refractivity contribution in [1.82, 2.24) is 6.15 Å². The zero-order valence-electron chi connectivity index (χ0n) is 14.0. The molecule has 0 bridgehead atoms. The smallest absolute Gasteiger partial charge is 0.344 e. The van der Waals surface area contributed by atoms with Gasteiger partial charge in [-0.15, -0.1) is 0 Å². The fourth-order valence-corrected chi connectivity index (χ4v) is 3.74. The third-order valence-corrected chi connectivity index (χ3v) is 5.74. The van der Waals surface area contributed by atoms with Crippen molar-refractivity contribution < 1.29 is 99.0 Å². The first kappa shape index (κ1) is 41.3. The number of rotatable bonds is 6. The maximum Gasteiger partial charge on any atom is 0.478 e. The lowest BCUT2D eigenvalue weighted by molar-refractivity contribution is 0.221. The molecule has 0 aromatic heterocycles. The Labute approximate surface area is 170 Å². The quantitative estimate of drug-likeness (QED) is 0.0837. The number of nitriles is 1. The second-order valence-electron chi connectivity index (χ2n) is 3.32. The van der Waals surface area contributed by atoms with Gasteiger partial charge in [-0.3, -0.25) is 0 Å². The van der Waals surface area contributed by atoms with E-state index in [4.69, 9.17) is 64.0 Å². The summed E-state index contributed by atoms with van der Waals surface area (Å²) in [6, 6.07) is 0. The van der Waals surface area contributed by atoms with Gasteiger partial charge in [-0.2, -0.15) is 18.2 Å². The van der Waals surface area contributed by atoms with E-state index in [-0.39, 0.29) is 6.15 Å². The molecule has 0 amide bonds. The number of phosphoric acid groups is 6. The van der Waals surface area contributed by atoms with Crippen molar-refractivity contribution >= 4 is 46.9 Å². The average Bonchev–Trinajstić information content (AvgIpc) is 2.13. The summed E-state index contributed by atoms with van der Waals surface area (Å²) in [5.74, 6) is 0. The third-order valence-electron chi connectivity index (χ3n) is 0.638. The van der Waals surface area contributed by atoms with E-state index in [9.17, 15) is 27.4 Å². The normalized spacial score (nSPS) is 12.2. The highest BCUT2D eigenvalue weighted by Crippen LogP contribution is 2.55. The van der Waals surface area contributed by atoms with Crippen molar-refractivity contribution in [3.63, 3.8) is 0 Å². The van der Waals surface area contributed by atoms with Crippen LogP contribution >= 0.6 is 46.9 Å². The zero-order valence-corrected chi connectivity index (χ0v) is 19.3. The van der Waals surface area contributed by atoms with E-state index in [1.807, 2.05) is 0 Å². The van der Waals surface area contributed by atoms with E-state index in [1.165, 1.54) is 6.19 Å². The van der Waals surface area contributed by atoms with Crippen LogP contribution in [0.5, 0.6) is 0 Å².